The molecule has 0 saturated heterocycles. The van der Waals surface area contributed by atoms with Crippen LogP contribution < -0.4 is 10.2 Å². The van der Waals surface area contributed by atoms with Crippen molar-refractivity contribution in [3.8, 4) is 0 Å². The standard InChI is InChI=1S/C13H20N4O2/c1-17(8-10-3-2-4-10)12-7-11(15-9-16-12)14-6-5-13(18)19/h7,9-10H,2-6,8H2,1H3,(H,18,19)(H,14,15,16). The third kappa shape index (κ3) is 4.08. The fourth-order valence-corrected chi connectivity index (χ4v) is 2.11. The van der Waals surface area contributed by atoms with Gasteiger partial charge < -0.3 is 15.3 Å². The van der Waals surface area contributed by atoms with Crippen molar-refractivity contribution in [2.24, 2.45) is 5.92 Å². The number of aromatic nitrogens is 2. The lowest BCUT2D eigenvalue weighted by atomic mass is 9.85. The molecule has 0 unspecified atom stereocenters. The Kier molecular flexibility index (Phi) is 4.54. The Balaban J connectivity index is 1.87. The molecule has 0 aliphatic heterocycles. The Morgan fingerprint density at radius 2 is 2.32 bits per heavy atom. The Hall–Kier alpha value is -1.85. The van der Waals surface area contributed by atoms with Crippen molar-refractivity contribution in [3.05, 3.63) is 12.4 Å². The summed E-state index contributed by atoms with van der Waals surface area (Å²) in [6, 6.07) is 1.86. The zero-order chi connectivity index (χ0) is 13.7. The van der Waals surface area contributed by atoms with Crippen molar-refractivity contribution < 1.29 is 9.90 Å². The fraction of sp³-hybridized carbons (Fsp3) is 0.615. The van der Waals surface area contributed by atoms with Gasteiger partial charge in [0.2, 0.25) is 0 Å². The van der Waals surface area contributed by atoms with Gasteiger partial charge in [0, 0.05) is 26.2 Å². The minimum absolute atomic E-state index is 0.0806. The largest absolute Gasteiger partial charge is 0.481 e. The molecule has 0 aromatic carbocycles. The molecule has 104 valence electrons. The van der Waals surface area contributed by atoms with E-state index in [0.717, 1.165) is 18.3 Å². The first-order chi connectivity index (χ1) is 9.15. The third-order valence-corrected chi connectivity index (χ3v) is 3.45. The highest BCUT2D eigenvalue weighted by Crippen LogP contribution is 2.28. The number of carboxylic acids is 1. The van der Waals surface area contributed by atoms with E-state index in [9.17, 15) is 4.79 Å². The third-order valence-electron chi connectivity index (χ3n) is 3.45. The van der Waals surface area contributed by atoms with E-state index in [2.05, 4.69) is 20.2 Å². The van der Waals surface area contributed by atoms with Crippen molar-refractivity contribution in [1.82, 2.24) is 9.97 Å². The van der Waals surface area contributed by atoms with Crippen LogP contribution in [0.1, 0.15) is 25.7 Å². The molecule has 1 aliphatic carbocycles. The molecule has 1 aromatic heterocycles. The molecule has 1 saturated carbocycles. The Bertz CT molecular complexity index is 434. The van der Waals surface area contributed by atoms with E-state index in [1.807, 2.05) is 13.1 Å². The molecular weight excluding hydrogens is 244 g/mol. The molecule has 0 amide bonds. The van der Waals surface area contributed by atoms with E-state index >= 15 is 0 Å². The predicted molar refractivity (Wildman–Crippen MR) is 73.4 cm³/mol. The number of rotatable bonds is 7. The summed E-state index contributed by atoms with van der Waals surface area (Å²) in [5.74, 6) is 1.51. The maximum Gasteiger partial charge on any atom is 0.305 e. The van der Waals surface area contributed by atoms with Gasteiger partial charge in [0.15, 0.2) is 0 Å². The highest BCUT2D eigenvalue weighted by Gasteiger charge is 2.19. The number of nitrogens with zero attached hydrogens (tertiary/aromatic N) is 3. The molecule has 6 nitrogen and oxygen atoms in total. The molecule has 0 bridgehead atoms. The first-order valence-corrected chi connectivity index (χ1v) is 6.64. The monoisotopic (exact) mass is 264 g/mol. The summed E-state index contributed by atoms with van der Waals surface area (Å²) in [7, 11) is 2.03. The molecule has 2 N–H and O–H groups in total. The molecule has 0 spiro atoms. The quantitative estimate of drug-likeness (QED) is 0.779. The van der Waals surface area contributed by atoms with Crippen LogP contribution in [0.3, 0.4) is 0 Å². The molecule has 6 heteroatoms. The Morgan fingerprint density at radius 1 is 1.53 bits per heavy atom. The van der Waals surface area contributed by atoms with E-state index < -0.39 is 5.97 Å². The fourth-order valence-electron chi connectivity index (χ4n) is 2.11. The number of hydrogen-bond donors (Lipinski definition) is 2. The Labute approximate surface area is 112 Å². The van der Waals surface area contributed by atoms with Gasteiger partial charge in [-0.1, -0.05) is 6.42 Å². The number of aliphatic carboxylic acids is 1. The van der Waals surface area contributed by atoms with Gasteiger partial charge >= 0.3 is 5.97 Å². The normalized spacial score (nSPS) is 14.8. The van der Waals surface area contributed by atoms with E-state index in [1.54, 1.807) is 0 Å². The average molecular weight is 264 g/mol. The molecule has 19 heavy (non-hydrogen) atoms. The highest BCUT2D eigenvalue weighted by atomic mass is 16.4. The molecule has 0 atom stereocenters. The van der Waals surface area contributed by atoms with Gasteiger partial charge in [-0.05, 0) is 18.8 Å². The van der Waals surface area contributed by atoms with Gasteiger partial charge in [0.1, 0.15) is 18.0 Å². The number of hydrogen-bond acceptors (Lipinski definition) is 5. The number of nitrogens with one attached hydrogen (secondary N) is 1. The molecule has 2 rings (SSSR count). The minimum Gasteiger partial charge on any atom is -0.481 e. The van der Waals surface area contributed by atoms with Gasteiger partial charge in [-0.2, -0.15) is 0 Å². The van der Waals surface area contributed by atoms with Crippen LogP contribution in [-0.4, -0.2) is 41.2 Å². The van der Waals surface area contributed by atoms with Gasteiger partial charge in [0.25, 0.3) is 0 Å². The number of carboxylic acid groups (broad SMARTS) is 1. The van der Waals surface area contributed by atoms with Crippen molar-refractivity contribution in [2.45, 2.75) is 25.7 Å². The SMILES string of the molecule is CN(CC1CCC1)c1cc(NCCC(=O)O)ncn1. The lowest BCUT2D eigenvalue weighted by Crippen LogP contribution is -2.29. The van der Waals surface area contributed by atoms with E-state index in [-0.39, 0.29) is 6.42 Å². The second-order valence-electron chi connectivity index (χ2n) is 5.01. The summed E-state index contributed by atoms with van der Waals surface area (Å²) in [6.07, 6.45) is 5.54. The minimum atomic E-state index is -0.816. The van der Waals surface area contributed by atoms with Crippen LogP contribution in [0.15, 0.2) is 12.4 Å². The van der Waals surface area contributed by atoms with Gasteiger partial charge in [-0.15, -0.1) is 0 Å². The van der Waals surface area contributed by atoms with Gasteiger partial charge in [-0.3, -0.25) is 4.79 Å². The van der Waals surface area contributed by atoms with Crippen LogP contribution in [0.5, 0.6) is 0 Å². The summed E-state index contributed by atoms with van der Waals surface area (Å²) >= 11 is 0. The van der Waals surface area contributed by atoms with Crippen molar-refractivity contribution >= 4 is 17.6 Å². The molecule has 1 heterocycles. The van der Waals surface area contributed by atoms with Gasteiger partial charge in [0.05, 0.1) is 6.42 Å². The van der Waals surface area contributed by atoms with Crippen LogP contribution in [-0.2, 0) is 4.79 Å². The van der Waals surface area contributed by atoms with Crippen molar-refractivity contribution in [3.63, 3.8) is 0 Å². The lowest BCUT2D eigenvalue weighted by molar-refractivity contribution is -0.136. The molecule has 1 fully saturated rings. The van der Waals surface area contributed by atoms with Crippen LogP contribution in [0, 0.1) is 5.92 Å². The lowest BCUT2D eigenvalue weighted by Gasteiger charge is -2.30. The zero-order valence-electron chi connectivity index (χ0n) is 11.2. The first kappa shape index (κ1) is 13.6. The van der Waals surface area contributed by atoms with E-state index in [1.165, 1.54) is 25.6 Å². The van der Waals surface area contributed by atoms with E-state index in [4.69, 9.17) is 5.11 Å². The van der Waals surface area contributed by atoms with Crippen LogP contribution in [0.2, 0.25) is 0 Å². The molecule has 1 aromatic rings. The summed E-state index contributed by atoms with van der Waals surface area (Å²) in [4.78, 5) is 20.9. The van der Waals surface area contributed by atoms with E-state index in [0.29, 0.717) is 12.4 Å². The zero-order valence-corrected chi connectivity index (χ0v) is 11.2. The van der Waals surface area contributed by atoms with Crippen LogP contribution in [0.25, 0.3) is 0 Å². The maximum atomic E-state index is 10.4. The second-order valence-corrected chi connectivity index (χ2v) is 5.01. The smallest absolute Gasteiger partial charge is 0.305 e. The first-order valence-electron chi connectivity index (χ1n) is 6.64. The number of anilines is 2. The Morgan fingerprint density at radius 3 is 2.95 bits per heavy atom. The highest BCUT2D eigenvalue weighted by molar-refractivity contribution is 5.67. The molecular formula is C13H20N4O2. The summed E-state index contributed by atoms with van der Waals surface area (Å²) in [6.45, 7) is 1.39. The van der Waals surface area contributed by atoms with Crippen molar-refractivity contribution in [1.29, 1.82) is 0 Å². The van der Waals surface area contributed by atoms with Crippen molar-refractivity contribution in [2.75, 3.05) is 30.4 Å². The second kappa shape index (κ2) is 6.36. The predicted octanol–water partition coefficient (Wildman–Crippen LogP) is 1.60. The van der Waals surface area contributed by atoms with Gasteiger partial charge in [-0.25, -0.2) is 9.97 Å². The molecule has 1 aliphatic rings. The topological polar surface area (TPSA) is 78.4 Å². The molecule has 0 radical (unpaired) electrons. The average Bonchev–Trinajstić information content (AvgIpc) is 2.33. The van der Waals surface area contributed by atoms with Crippen LogP contribution in [0.4, 0.5) is 11.6 Å². The van der Waals surface area contributed by atoms with Crippen LogP contribution >= 0.6 is 0 Å². The maximum absolute atomic E-state index is 10.4. The summed E-state index contributed by atoms with van der Waals surface area (Å²) in [5, 5.41) is 11.6. The summed E-state index contributed by atoms with van der Waals surface area (Å²) < 4.78 is 0. The number of carbonyl (C=O) groups is 1. The summed E-state index contributed by atoms with van der Waals surface area (Å²) in [5.41, 5.74) is 0.